The van der Waals surface area contributed by atoms with E-state index in [4.69, 9.17) is 35.5 Å². The molecule has 3 aromatic carbocycles. The minimum Gasteiger partial charge on any atom is -0.444 e. The van der Waals surface area contributed by atoms with E-state index in [1.54, 1.807) is 19.1 Å². The summed E-state index contributed by atoms with van der Waals surface area (Å²) in [7, 11) is -1.18. The number of fused-ring (bicyclic) bond motifs is 2. The lowest BCUT2D eigenvalue weighted by Gasteiger charge is -2.33. The first kappa shape index (κ1) is 36.2. The van der Waals surface area contributed by atoms with Crippen molar-refractivity contribution in [3.63, 3.8) is 0 Å². The smallest absolute Gasteiger partial charge is 0.278 e. The van der Waals surface area contributed by atoms with Crippen LogP contribution >= 0.6 is 11.6 Å². The Bertz CT molecular complexity index is 2120. The molecule has 8 rings (SSSR count). The normalized spacial score (nSPS) is 20.7. The minimum atomic E-state index is -1.27. The molecule has 0 spiro atoms. The molecule has 0 saturated carbocycles. The average molecular weight is 759 g/mol. The first-order valence-electron chi connectivity index (χ1n) is 18.7. The number of para-hydroxylation sites is 1. The van der Waals surface area contributed by atoms with Gasteiger partial charge >= 0.3 is 0 Å². The molecule has 2 atom stereocenters. The van der Waals surface area contributed by atoms with Crippen molar-refractivity contribution in [2.75, 3.05) is 26.3 Å². The van der Waals surface area contributed by atoms with Crippen molar-refractivity contribution < 1.29 is 23.3 Å². The molecule has 0 amide bonds. The highest BCUT2D eigenvalue weighted by Crippen LogP contribution is 2.50. The molecular formula is C40H48ClFN6O4Si. The largest absolute Gasteiger partial charge is 0.444 e. The van der Waals surface area contributed by atoms with E-state index in [-0.39, 0.29) is 12.0 Å². The fourth-order valence-corrected chi connectivity index (χ4v) is 8.51. The van der Waals surface area contributed by atoms with E-state index in [0.29, 0.717) is 28.8 Å². The third kappa shape index (κ3) is 7.49. The predicted octanol–water partition coefficient (Wildman–Crippen LogP) is 8.52. The maximum atomic E-state index is 15.0. The van der Waals surface area contributed by atoms with Gasteiger partial charge in [-0.15, -0.1) is 10.2 Å². The zero-order valence-corrected chi connectivity index (χ0v) is 33.0. The number of aryl methyl sites for hydroxylation is 1. The third-order valence-corrected chi connectivity index (χ3v) is 12.8. The van der Waals surface area contributed by atoms with E-state index in [0.717, 1.165) is 104 Å². The number of aromatic nitrogens is 5. The van der Waals surface area contributed by atoms with Gasteiger partial charge in [0.05, 0.1) is 35.8 Å². The molecule has 0 bridgehead atoms. The SMILES string of the molecule is Cc1nnc(-c2ccc3c(c2)nc(CN2CCC(c4cccc5c4OC(C)(c4ccc(Cl)cc4F)O5)CC2)n3CC2CCO2)n1COCC[Si](C)(C)C. The van der Waals surface area contributed by atoms with Crippen LogP contribution in [-0.4, -0.2) is 69.7 Å². The summed E-state index contributed by atoms with van der Waals surface area (Å²) in [5.74, 6) is 2.55. The van der Waals surface area contributed by atoms with Crippen LogP contribution in [0, 0.1) is 12.7 Å². The van der Waals surface area contributed by atoms with Gasteiger partial charge in [-0.25, -0.2) is 9.37 Å². The van der Waals surface area contributed by atoms with Gasteiger partial charge in [0.1, 0.15) is 24.2 Å². The maximum absolute atomic E-state index is 15.0. The lowest BCUT2D eigenvalue weighted by Crippen LogP contribution is -2.35. The van der Waals surface area contributed by atoms with E-state index in [1.165, 1.54) is 6.07 Å². The Morgan fingerprint density at radius 2 is 1.81 bits per heavy atom. The monoisotopic (exact) mass is 758 g/mol. The first-order chi connectivity index (χ1) is 25.4. The number of hydrogen-bond acceptors (Lipinski definition) is 8. The summed E-state index contributed by atoms with van der Waals surface area (Å²) in [4.78, 5) is 7.72. The molecule has 3 aliphatic rings. The quantitative estimate of drug-likeness (QED) is 0.0925. The number of nitrogens with zero attached hydrogens (tertiary/aromatic N) is 6. The van der Waals surface area contributed by atoms with Gasteiger partial charge in [0.2, 0.25) is 0 Å². The summed E-state index contributed by atoms with van der Waals surface area (Å²) in [6.07, 6.45) is 3.16. The van der Waals surface area contributed by atoms with Crippen LogP contribution in [0.15, 0.2) is 54.6 Å². The summed E-state index contributed by atoms with van der Waals surface area (Å²) < 4.78 is 44.0. The van der Waals surface area contributed by atoms with Gasteiger partial charge in [0, 0.05) is 44.4 Å². The van der Waals surface area contributed by atoms with Crippen LogP contribution in [0.1, 0.15) is 54.9 Å². The first-order valence-corrected chi connectivity index (χ1v) is 22.8. The van der Waals surface area contributed by atoms with E-state index in [1.807, 2.05) is 23.6 Å². The van der Waals surface area contributed by atoms with Crippen molar-refractivity contribution in [2.45, 2.75) is 96.4 Å². The van der Waals surface area contributed by atoms with Gasteiger partial charge in [-0.2, -0.15) is 0 Å². The summed E-state index contributed by atoms with van der Waals surface area (Å²) in [6.45, 7) is 16.1. The van der Waals surface area contributed by atoms with Crippen LogP contribution < -0.4 is 9.47 Å². The lowest BCUT2D eigenvalue weighted by atomic mass is 9.88. The molecule has 2 saturated heterocycles. The van der Waals surface area contributed by atoms with E-state index < -0.39 is 19.7 Å². The van der Waals surface area contributed by atoms with Gasteiger partial charge in [0.15, 0.2) is 17.3 Å². The second-order valence-corrected chi connectivity index (χ2v) is 22.0. The molecule has 0 aliphatic carbocycles. The number of imidazole rings is 1. The number of benzene rings is 3. The second kappa shape index (κ2) is 14.4. The highest BCUT2D eigenvalue weighted by molar-refractivity contribution is 6.76. The molecule has 0 radical (unpaired) electrons. The van der Waals surface area contributed by atoms with E-state index in [9.17, 15) is 4.39 Å². The standard InChI is InChI=1S/C40H48ClFN6O4Si/c1-26-44-45-39(48(26)25-49-19-20-53(3,4)5)28-9-12-35-34(21-28)43-37(47(35)23-30-15-18-50-30)24-46-16-13-27(14-17-46)31-7-6-8-36-38(31)52-40(2,51-36)32-11-10-29(41)22-33(32)42/h6-12,21-22,27,30H,13-20,23-25H2,1-5H3. The van der Waals surface area contributed by atoms with Gasteiger partial charge in [0.25, 0.3) is 5.79 Å². The molecule has 5 heterocycles. The highest BCUT2D eigenvalue weighted by Gasteiger charge is 2.43. The number of likely N-dealkylation sites (tertiary alicyclic amines) is 1. The number of rotatable bonds is 12. The number of hydrogen-bond donors (Lipinski definition) is 0. The van der Waals surface area contributed by atoms with Crippen molar-refractivity contribution >= 4 is 30.7 Å². The van der Waals surface area contributed by atoms with Crippen LogP contribution in [0.4, 0.5) is 4.39 Å². The van der Waals surface area contributed by atoms with Gasteiger partial charge in [-0.05, 0) is 93.7 Å². The summed E-state index contributed by atoms with van der Waals surface area (Å²) in [5, 5.41) is 9.26. The zero-order chi connectivity index (χ0) is 36.9. The molecule has 3 aliphatic heterocycles. The Morgan fingerprint density at radius 1 is 1.00 bits per heavy atom. The molecule has 0 N–H and O–H groups in total. The predicted molar refractivity (Wildman–Crippen MR) is 206 cm³/mol. The van der Waals surface area contributed by atoms with Crippen LogP contribution in [-0.2, 0) is 35.1 Å². The molecule has 53 heavy (non-hydrogen) atoms. The molecule has 280 valence electrons. The van der Waals surface area contributed by atoms with Crippen LogP contribution in [0.25, 0.3) is 22.4 Å². The van der Waals surface area contributed by atoms with E-state index in [2.05, 4.69) is 63.6 Å². The third-order valence-electron chi connectivity index (χ3n) is 10.8. The number of halogens is 2. The van der Waals surface area contributed by atoms with Gasteiger partial charge < -0.3 is 23.5 Å². The molecule has 10 nitrogen and oxygen atoms in total. The molecule has 2 unspecified atom stereocenters. The summed E-state index contributed by atoms with van der Waals surface area (Å²) in [5.41, 5.74) is 4.43. The Hall–Kier alpha value is -3.81. The maximum Gasteiger partial charge on any atom is 0.278 e. The van der Waals surface area contributed by atoms with Crippen molar-refractivity contribution in [3.05, 3.63) is 88.2 Å². The Morgan fingerprint density at radius 3 is 2.55 bits per heavy atom. The summed E-state index contributed by atoms with van der Waals surface area (Å²) >= 11 is 6.03. The van der Waals surface area contributed by atoms with Gasteiger partial charge in [-0.3, -0.25) is 9.47 Å². The number of ether oxygens (including phenoxy) is 4. The molecule has 13 heteroatoms. The molecule has 2 fully saturated rings. The average Bonchev–Trinajstić information content (AvgIpc) is 3.76. The fraction of sp³-hybridized carbons (Fsp3) is 0.475. The van der Waals surface area contributed by atoms with Crippen molar-refractivity contribution in [1.82, 2.24) is 29.2 Å². The van der Waals surface area contributed by atoms with Crippen LogP contribution in [0.2, 0.25) is 30.7 Å². The Labute approximate surface area is 316 Å². The van der Waals surface area contributed by atoms with Crippen LogP contribution in [0.3, 0.4) is 0 Å². The second-order valence-electron chi connectivity index (χ2n) is 16.0. The zero-order valence-electron chi connectivity index (χ0n) is 31.2. The Kier molecular flexibility index (Phi) is 9.86. The van der Waals surface area contributed by atoms with E-state index >= 15 is 0 Å². The van der Waals surface area contributed by atoms with Crippen molar-refractivity contribution in [3.8, 4) is 22.9 Å². The van der Waals surface area contributed by atoms with Gasteiger partial charge in [-0.1, -0.05) is 43.4 Å². The lowest BCUT2D eigenvalue weighted by molar-refractivity contribution is -0.0712. The molecule has 2 aromatic heterocycles. The number of piperidine rings is 1. The van der Waals surface area contributed by atoms with Crippen molar-refractivity contribution in [1.29, 1.82) is 0 Å². The fourth-order valence-electron chi connectivity index (χ4n) is 7.60. The Balaban J connectivity index is 0.980. The molecule has 5 aromatic rings. The molecular weight excluding hydrogens is 711 g/mol. The summed E-state index contributed by atoms with van der Waals surface area (Å²) in [6, 6.07) is 18.1. The van der Waals surface area contributed by atoms with Crippen LogP contribution in [0.5, 0.6) is 11.5 Å². The van der Waals surface area contributed by atoms with Crippen molar-refractivity contribution in [2.24, 2.45) is 0 Å². The minimum absolute atomic E-state index is 0.199. The highest BCUT2D eigenvalue weighted by atomic mass is 35.5. The topological polar surface area (TPSA) is 88.7 Å².